The number of nitrogens with zero attached hydrogens (tertiary/aromatic N) is 4. The number of rotatable bonds is 2. The molecule has 3 rings (SSSR count). The summed E-state index contributed by atoms with van der Waals surface area (Å²) in [5.41, 5.74) is 0.177. The summed E-state index contributed by atoms with van der Waals surface area (Å²) in [7, 11) is 0. The molecule has 22 heavy (non-hydrogen) atoms. The highest BCUT2D eigenvalue weighted by Gasteiger charge is 2.33. The second kappa shape index (κ2) is 5.42. The summed E-state index contributed by atoms with van der Waals surface area (Å²) < 4.78 is 38.7. The maximum absolute atomic E-state index is 12.6. The van der Waals surface area contributed by atoms with Gasteiger partial charge in [0.2, 0.25) is 0 Å². The fraction of sp³-hybridized carbons (Fsp3) is 0.0714. The van der Waals surface area contributed by atoms with Gasteiger partial charge in [-0.2, -0.15) is 18.3 Å². The van der Waals surface area contributed by atoms with E-state index in [0.717, 1.165) is 16.9 Å². The minimum Gasteiger partial charge on any atom is -0.211 e. The van der Waals surface area contributed by atoms with Crippen molar-refractivity contribution in [2.75, 3.05) is 0 Å². The van der Waals surface area contributed by atoms with E-state index in [1.165, 1.54) is 6.07 Å². The van der Waals surface area contributed by atoms with Gasteiger partial charge in [-0.05, 0) is 24.3 Å². The van der Waals surface area contributed by atoms with Gasteiger partial charge in [-0.1, -0.05) is 23.7 Å². The molecule has 8 heteroatoms. The molecule has 0 aliphatic heterocycles. The molecule has 1 aromatic carbocycles. The van der Waals surface area contributed by atoms with Crippen LogP contribution in [0.5, 0.6) is 0 Å². The van der Waals surface area contributed by atoms with Crippen molar-refractivity contribution in [2.45, 2.75) is 6.18 Å². The molecule has 0 spiro atoms. The minimum absolute atomic E-state index is 0.00650. The summed E-state index contributed by atoms with van der Waals surface area (Å²) in [6, 6.07) is 9.29. The van der Waals surface area contributed by atoms with Crippen molar-refractivity contribution in [2.24, 2.45) is 0 Å². The second-order valence-electron chi connectivity index (χ2n) is 4.34. The van der Waals surface area contributed by atoms with Gasteiger partial charge in [-0.25, -0.2) is 14.6 Å². The van der Waals surface area contributed by atoms with Gasteiger partial charge in [0, 0.05) is 16.8 Å². The molecule has 0 aliphatic carbocycles. The number of aromatic nitrogens is 4. The monoisotopic (exact) mass is 323 g/mol. The molecule has 3 aromatic rings. The first-order valence-corrected chi connectivity index (χ1v) is 6.45. The highest BCUT2D eigenvalue weighted by molar-refractivity contribution is 6.30. The van der Waals surface area contributed by atoms with Crippen LogP contribution in [0.1, 0.15) is 5.69 Å². The van der Waals surface area contributed by atoms with Gasteiger partial charge < -0.3 is 0 Å². The minimum atomic E-state index is -4.51. The van der Waals surface area contributed by atoms with Crippen LogP contribution in [0, 0.1) is 6.20 Å². The lowest BCUT2D eigenvalue weighted by molar-refractivity contribution is -0.141. The average Bonchev–Trinajstić information content (AvgIpc) is 2.97. The molecule has 0 aliphatic rings. The standard InChI is InChI=1S/C14H7ClF3N4/c15-10-3-1-2-9(8-10)11-4-6-19-13(20-11)22-7-5-12(21-22)14(16,17)18/h1-5,7-8H. The van der Waals surface area contributed by atoms with Gasteiger partial charge in [-0.15, -0.1) is 0 Å². The maximum atomic E-state index is 12.6. The lowest BCUT2D eigenvalue weighted by atomic mass is 10.1. The Bertz CT molecular complexity index is 814. The van der Waals surface area contributed by atoms with Gasteiger partial charge in [0.05, 0.1) is 11.9 Å². The quantitative estimate of drug-likeness (QED) is 0.720. The maximum Gasteiger partial charge on any atom is 0.435 e. The Morgan fingerprint density at radius 2 is 2.00 bits per heavy atom. The zero-order valence-corrected chi connectivity index (χ0v) is 11.6. The third kappa shape index (κ3) is 2.94. The van der Waals surface area contributed by atoms with Crippen molar-refractivity contribution in [3.05, 3.63) is 59.5 Å². The molecule has 0 saturated carbocycles. The normalized spacial score (nSPS) is 11.6. The summed E-state index contributed by atoms with van der Waals surface area (Å²) >= 11 is 5.91. The molecule has 2 heterocycles. The van der Waals surface area contributed by atoms with Crippen LogP contribution >= 0.6 is 11.6 Å². The number of hydrogen-bond acceptors (Lipinski definition) is 3. The zero-order chi connectivity index (χ0) is 15.7. The van der Waals surface area contributed by atoms with E-state index in [1.54, 1.807) is 24.3 Å². The van der Waals surface area contributed by atoms with Gasteiger partial charge >= 0.3 is 6.18 Å². The van der Waals surface area contributed by atoms with Gasteiger partial charge in [-0.3, -0.25) is 0 Å². The first kappa shape index (κ1) is 14.5. The Morgan fingerprint density at radius 1 is 1.18 bits per heavy atom. The highest BCUT2D eigenvalue weighted by Crippen LogP contribution is 2.27. The topological polar surface area (TPSA) is 43.6 Å². The van der Waals surface area contributed by atoms with E-state index in [-0.39, 0.29) is 5.95 Å². The van der Waals surface area contributed by atoms with Crippen molar-refractivity contribution in [3.63, 3.8) is 0 Å². The van der Waals surface area contributed by atoms with Crippen molar-refractivity contribution < 1.29 is 13.2 Å². The molecule has 0 bridgehead atoms. The number of hydrogen-bond donors (Lipinski definition) is 0. The number of halogens is 4. The van der Waals surface area contributed by atoms with Gasteiger partial charge in [0.15, 0.2) is 5.69 Å². The summed E-state index contributed by atoms with van der Waals surface area (Å²) in [6.45, 7) is 0. The van der Waals surface area contributed by atoms with Crippen LogP contribution in [0.25, 0.3) is 17.2 Å². The third-order valence-electron chi connectivity index (χ3n) is 2.79. The molecule has 4 nitrogen and oxygen atoms in total. The van der Waals surface area contributed by atoms with Crippen molar-refractivity contribution in [3.8, 4) is 17.2 Å². The predicted molar refractivity (Wildman–Crippen MR) is 73.4 cm³/mol. The second-order valence-corrected chi connectivity index (χ2v) is 4.77. The lowest BCUT2D eigenvalue weighted by Gasteiger charge is -2.04. The van der Waals surface area contributed by atoms with E-state index in [9.17, 15) is 13.2 Å². The molecule has 2 aromatic heterocycles. The summed E-state index contributed by atoms with van der Waals surface area (Å²) in [5, 5.41) is 3.95. The molecule has 1 radical (unpaired) electrons. The van der Waals surface area contributed by atoms with Crippen molar-refractivity contribution in [1.29, 1.82) is 0 Å². The SMILES string of the molecule is FC(F)(F)c1ccn(-c2n[c]cc(-c3cccc(Cl)c3)n2)n1. The molecular weight excluding hydrogens is 317 g/mol. The molecule has 0 fully saturated rings. The lowest BCUT2D eigenvalue weighted by Crippen LogP contribution is -2.08. The molecule has 111 valence electrons. The number of alkyl halides is 3. The number of benzene rings is 1. The van der Waals surface area contributed by atoms with Crippen LogP contribution in [0.3, 0.4) is 0 Å². The summed E-state index contributed by atoms with van der Waals surface area (Å²) in [5.74, 6) is -0.00650. The molecule has 0 atom stereocenters. The highest BCUT2D eigenvalue weighted by atomic mass is 35.5. The van der Waals surface area contributed by atoms with Crippen LogP contribution < -0.4 is 0 Å². The van der Waals surface area contributed by atoms with Crippen LogP contribution in [0.4, 0.5) is 13.2 Å². The van der Waals surface area contributed by atoms with E-state index in [2.05, 4.69) is 21.3 Å². The fourth-order valence-corrected chi connectivity index (χ4v) is 1.99. The average molecular weight is 324 g/mol. The first-order valence-electron chi connectivity index (χ1n) is 6.08. The molecular formula is C14H7ClF3N4. The predicted octanol–water partition coefficient (Wildman–Crippen LogP) is 3.80. The molecule has 0 saturated heterocycles. The van der Waals surface area contributed by atoms with E-state index in [0.29, 0.717) is 16.3 Å². The van der Waals surface area contributed by atoms with E-state index in [1.807, 2.05) is 0 Å². The molecule has 0 unspecified atom stereocenters. The molecule has 0 amide bonds. The van der Waals surface area contributed by atoms with E-state index in [4.69, 9.17) is 11.6 Å². The Kier molecular flexibility index (Phi) is 3.58. The smallest absolute Gasteiger partial charge is 0.211 e. The Morgan fingerprint density at radius 3 is 2.68 bits per heavy atom. The summed E-state index contributed by atoms with van der Waals surface area (Å²) in [6.07, 6.45) is -0.771. The zero-order valence-electron chi connectivity index (χ0n) is 10.8. The third-order valence-corrected chi connectivity index (χ3v) is 3.03. The molecule has 0 N–H and O–H groups in total. The first-order chi connectivity index (χ1) is 10.4. The van der Waals surface area contributed by atoms with Crippen LogP contribution in [0.2, 0.25) is 5.02 Å². The van der Waals surface area contributed by atoms with Crippen molar-refractivity contribution >= 4 is 11.6 Å². The van der Waals surface area contributed by atoms with Gasteiger partial charge in [0.25, 0.3) is 5.95 Å². The van der Waals surface area contributed by atoms with Crippen molar-refractivity contribution in [1.82, 2.24) is 19.7 Å². The van der Waals surface area contributed by atoms with Crippen LogP contribution in [-0.2, 0) is 6.18 Å². The Labute approximate surface area is 128 Å². The Balaban J connectivity index is 1.99. The van der Waals surface area contributed by atoms with Crippen LogP contribution in [0.15, 0.2) is 42.6 Å². The van der Waals surface area contributed by atoms with Crippen LogP contribution in [-0.4, -0.2) is 19.7 Å². The fourth-order valence-electron chi connectivity index (χ4n) is 1.80. The van der Waals surface area contributed by atoms with Gasteiger partial charge in [0.1, 0.15) is 0 Å². The Hall–Kier alpha value is -2.41. The largest absolute Gasteiger partial charge is 0.435 e. The van der Waals surface area contributed by atoms with E-state index >= 15 is 0 Å². The van der Waals surface area contributed by atoms with E-state index < -0.39 is 11.9 Å². The summed E-state index contributed by atoms with van der Waals surface area (Å²) in [4.78, 5) is 8.00.